The van der Waals surface area contributed by atoms with Crippen molar-refractivity contribution in [2.24, 2.45) is 11.1 Å². The van der Waals surface area contributed by atoms with Crippen molar-refractivity contribution >= 4 is 57.2 Å². The molecule has 2 aliphatic rings. The average molecular weight is 521 g/mol. The summed E-state index contributed by atoms with van der Waals surface area (Å²) >= 11 is 15.9. The number of nitriles is 1. The van der Waals surface area contributed by atoms with E-state index in [1.54, 1.807) is 34.9 Å². The van der Waals surface area contributed by atoms with Crippen LogP contribution in [0.2, 0.25) is 10.0 Å². The lowest BCUT2D eigenvalue weighted by molar-refractivity contribution is -0.118. The number of thioether (sulfide) groups is 1. The lowest BCUT2D eigenvalue weighted by Gasteiger charge is -2.42. The van der Waals surface area contributed by atoms with Crippen LogP contribution in [0.15, 0.2) is 45.2 Å². The number of carbonyl (C=O) groups is 1. The van der Waals surface area contributed by atoms with Crippen LogP contribution in [-0.4, -0.2) is 21.7 Å². The number of aromatic nitrogens is 2. The minimum absolute atomic E-state index is 0.0300. The Hall–Kier alpha value is -2.05. The SMILES string of the molecule is CCCSc1nnc(N2C(N)=C(C#N)C(c3cccc(Cl)c3Cl)C3=C2CC(C)(C)CC3=O)s1. The largest absolute Gasteiger partial charge is 0.384 e. The topological polar surface area (TPSA) is 95.9 Å². The van der Waals surface area contributed by atoms with Gasteiger partial charge in [0.1, 0.15) is 5.82 Å². The summed E-state index contributed by atoms with van der Waals surface area (Å²) in [5.41, 5.74) is 8.48. The first-order valence-corrected chi connectivity index (χ1v) is 13.1. The van der Waals surface area contributed by atoms with E-state index in [4.69, 9.17) is 28.9 Å². The van der Waals surface area contributed by atoms with Crippen LogP contribution in [0.25, 0.3) is 0 Å². The molecule has 2 aromatic rings. The quantitative estimate of drug-likeness (QED) is 0.463. The average Bonchev–Trinajstić information content (AvgIpc) is 3.21. The molecule has 1 aliphatic carbocycles. The molecule has 33 heavy (non-hydrogen) atoms. The van der Waals surface area contributed by atoms with Crippen LogP contribution in [0.5, 0.6) is 0 Å². The summed E-state index contributed by atoms with van der Waals surface area (Å²) in [6, 6.07) is 7.48. The Morgan fingerprint density at radius 2 is 2.09 bits per heavy atom. The number of anilines is 1. The van der Waals surface area contributed by atoms with E-state index in [1.807, 2.05) is 0 Å². The molecule has 172 valence electrons. The molecule has 0 saturated carbocycles. The number of halogens is 2. The van der Waals surface area contributed by atoms with Crippen LogP contribution in [-0.2, 0) is 4.79 Å². The summed E-state index contributed by atoms with van der Waals surface area (Å²) in [4.78, 5) is 15.3. The Balaban J connectivity index is 1.94. The summed E-state index contributed by atoms with van der Waals surface area (Å²) in [6.45, 7) is 6.21. The molecule has 1 atom stereocenters. The number of rotatable bonds is 5. The van der Waals surface area contributed by atoms with Gasteiger partial charge in [-0.2, -0.15) is 5.26 Å². The molecule has 0 radical (unpaired) electrons. The second kappa shape index (κ2) is 9.30. The highest BCUT2D eigenvalue weighted by atomic mass is 35.5. The zero-order valence-electron chi connectivity index (χ0n) is 18.5. The Morgan fingerprint density at radius 1 is 1.33 bits per heavy atom. The molecule has 1 aromatic heterocycles. The molecule has 2 N–H and O–H groups in total. The van der Waals surface area contributed by atoms with E-state index in [0.29, 0.717) is 39.2 Å². The van der Waals surface area contributed by atoms with Crippen molar-refractivity contribution in [2.75, 3.05) is 10.7 Å². The standard InChI is InChI=1S/C23H23Cl2N5OS2/c1-4-8-32-22-29-28-21(33-22)30-15-9-23(2,3)10-16(31)18(15)17(13(11-26)20(30)27)12-6-5-7-14(24)19(12)25/h5-7,17H,4,8-10,27H2,1-3H3. The molecular formula is C23H23Cl2N5OS2. The smallest absolute Gasteiger partial charge is 0.219 e. The fraction of sp³-hybridized carbons (Fsp3) is 0.391. The highest BCUT2D eigenvalue weighted by Gasteiger charge is 2.46. The summed E-state index contributed by atoms with van der Waals surface area (Å²) in [7, 11) is 0. The number of nitrogens with two attached hydrogens (primary N) is 1. The van der Waals surface area contributed by atoms with E-state index in [2.05, 4.69) is 37.0 Å². The molecule has 0 fully saturated rings. The third-order valence-electron chi connectivity index (χ3n) is 5.69. The molecule has 10 heteroatoms. The molecule has 1 aliphatic heterocycles. The van der Waals surface area contributed by atoms with Gasteiger partial charge in [0, 0.05) is 23.4 Å². The number of allylic oxidation sites excluding steroid dienone is 3. The summed E-state index contributed by atoms with van der Waals surface area (Å²) in [6.07, 6.45) is 1.98. The molecular weight excluding hydrogens is 497 g/mol. The number of benzene rings is 1. The van der Waals surface area contributed by atoms with Gasteiger partial charge < -0.3 is 5.73 Å². The predicted molar refractivity (Wildman–Crippen MR) is 134 cm³/mol. The molecule has 1 unspecified atom stereocenters. The maximum atomic E-state index is 13.5. The Bertz CT molecular complexity index is 1230. The monoisotopic (exact) mass is 519 g/mol. The van der Waals surface area contributed by atoms with Crippen molar-refractivity contribution in [2.45, 2.75) is 50.3 Å². The van der Waals surface area contributed by atoms with E-state index in [1.165, 1.54) is 11.3 Å². The molecule has 4 rings (SSSR count). The van der Waals surface area contributed by atoms with Crippen molar-refractivity contribution in [1.29, 1.82) is 5.26 Å². The first-order chi connectivity index (χ1) is 15.7. The Labute approximate surface area is 211 Å². The van der Waals surface area contributed by atoms with Crippen molar-refractivity contribution in [3.63, 3.8) is 0 Å². The fourth-order valence-electron chi connectivity index (χ4n) is 4.32. The van der Waals surface area contributed by atoms with E-state index >= 15 is 0 Å². The first kappa shape index (κ1) is 24.1. The van der Waals surface area contributed by atoms with Crippen LogP contribution in [0.4, 0.5) is 5.13 Å². The molecule has 0 saturated heterocycles. The van der Waals surface area contributed by atoms with Gasteiger partial charge in [-0.1, -0.05) is 79.2 Å². The third-order valence-corrected chi connectivity index (χ3v) is 8.77. The molecule has 0 spiro atoms. The Morgan fingerprint density at radius 3 is 2.79 bits per heavy atom. The Kier molecular flexibility index (Phi) is 6.79. The highest BCUT2D eigenvalue weighted by molar-refractivity contribution is 8.01. The summed E-state index contributed by atoms with van der Waals surface area (Å²) < 4.78 is 0.821. The van der Waals surface area contributed by atoms with Crippen molar-refractivity contribution < 1.29 is 4.79 Å². The maximum absolute atomic E-state index is 13.5. The normalized spacial score (nSPS) is 20.2. The van der Waals surface area contributed by atoms with Crippen LogP contribution in [0.3, 0.4) is 0 Å². The first-order valence-electron chi connectivity index (χ1n) is 10.5. The number of ketones is 1. The van der Waals surface area contributed by atoms with Gasteiger partial charge in [-0.05, 0) is 29.9 Å². The number of carbonyl (C=O) groups excluding carboxylic acids is 1. The van der Waals surface area contributed by atoms with Gasteiger partial charge in [0.05, 0.1) is 27.6 Å². The third kappa shape index (κ3) is 4.40. The van der Waals surface area contributed by atoms with Crippen molar-refractivity contribution in [3.8, 4) is 6.07 Å². The van der Waals surface area contributed by atoms with Gasteiger partial charge in [-0.15, -0.1) is 10.2 Å². The number of nitrogens with zero attached hydrogens (tertiary/aromatic N) is 4. The maximum Gasteiger partial charge on any atom is 0.219 e. The summed E-state index contributed by atoms with van der Waals surface area (Å²) in [5.74, 6) is 0.458. The van der Waals surface area contributed by atoms with E-state index in [-0.39, 0.29) is 22.6 Å². The molecule has 0 amide bonds. The minimum Gasteiger partial charge on any atom is -0.384 e. The molecule has 2 heterocycles. The fourth-order valence-corrected chi connectivity index (χ4v) is 6.55. The number of hydrogen-bond donors (Lipinski definition) is 1. The zero-order chi connectivity index (χ0) is 23.9. The number of Topliss-reactive ketones (excluding diaryl/α,β-unsaturated/α-hetero) is 1. The lowest BCUT2D eigenvalue weighted by atomic mass is 9.68. The van der Waals surface area contributed by atoms with Crippen molar-refractivity contribution in [3.05, 3.63) is 56.5 Å². The van der Waals surface area contributed by atoms with Gasteiger partial charge in [0.15, 0.2) is 10.1 Å². The van der Waals surface area contributed by atoms with Crippen LogP contribution in [0, 0.1) is 16.7 Å². The second-order valence-electron chi connectivity index (χ2n) is 8.82. The predicted octanol–water partition coefficient (Wildman–Crippen LogP) is 6.29. The molecule has 6 nitrogen and oxygen atoms in total. The minimum atomic E-state index is -0.682. The van der Waals surface area contributed by atoms with Gasteiger partial charge in [0.2, 0.25) is 5.13 Å². The van der Waals surface area contributed by atoms with Crippen LogP contribution >= 0.6 is 46.3 Å². The van der Waals surface area contributed by atoms with E-state index in [9.17, 15) is 10.1 Å². The zero-order valence-corrected chi connectivity index (χ0v) is 21.6. The number of hydrogen-bond acceptors (Lipinski definition) is 8. The highest BCUT2D eigenvalue weighted by Crippen LogP contribution is 2.52. The molecule has 1 aromatic carbocycles. The van der Waals surface area contributed by atoms with E-state index < -0.39 is 5.92 Å². The van der Waals surface area contributed by atoms with Gasteiger partial charge in [0.25, 0.3) is 0 Å². The van der Waals surface area contributed by atoms with Gasteiger partial charge in [-0.25, -0.2) is 0 Å². The van der Waals surface area contributed by atoms with Gasteiger partial charge >= 0.3 is 0 Å². The summed E-state index contributed by atoms with van der Waals surface area (Å²) in [5, 5.41) is 20.0. The van der Waals surface area contributed by atoms with E-state index in [0.717, 1.165) is 22.2 Å². The van der Waals surface area contributed by atoms with Crippen molar-refractivity contribution in [1.82, 2.24) is 10.2 Å². The van der Waals surface area contributed by atoms with Crippen LogP contribution < -0.4 is 10.6 Å². The molecule has 0 bridgehead atoms. The van der Waals surface area contributed by atoms with Crippen LogP contribution in [0.1, 0.15) is 51.5 Å². The van der Waals surface area contributed by atoms with Gasteiger partial charge in [-0.3, -0.25) is 9.69 Å². The lowest BCUT2D eigenvalue weighted by Crippen LogP contribution is -2.42. The second-order valence-corrected chi connectivity index (χ2v) is 11.9.